The number of pyridine rings is 1. The molecular weight excluding hydrogens is 366 g/mol. The van der Waals surface area contributed by atoms with Gasteiger partial charge in [0, 0.05) is 35.3 Å². The number of aromatic nitrogens is 1. The number of anilines is 1. The number of halogens is 1. The molecule has 0 fully saturated rings. The van der Waals surface area contributed by atoms with Crippen LogP contribution in [0.5, 0.6) is 0 Å². The number of rotatable bonds is 9. The van der Waals surface area contributed by atoms with Crippen LogP contribution in [0.3, 0.4) is 0 Å². The predicted molar refractivity (Wildman–Crippen MR) is 124 cm³/mol. The van der Waals surface area contributed by atoms with E-state index in [2.05, 4.69) is 38.8 Å². The number of aliphatic imine (C=N–C) groups is 1. The minimum absolute atomic E-state index is 0.494. The predicted octanol–water partition coefficient (Wildman–Crippen LogP) is 7.22. The summed E-state index contributed by atoms with van der Waals surface area (Å²) in [5.41, 5.74) is 3.38. The summed E-state index contributed by atoms with van der Waals surface area (Å²) in [6.45, 7) is 11.2. The molecule has 2 atom stereocenters. The summed E-state index contributed by atoms with van der Waals surface area (Å²) in [5, 5.41) is 1.82. The van der Waals surface area contributed by atoms with E-state index in [1.807, 2.05) is 18.2 Å². The highest BCUT2D eigenvalue weighted by molar-refractivity contribution is 6.31. The van der Waals surface area contributed by atoms with Gasteiger partial charge in [-0.15, -0.1) is 0 Å². The van der Waals surface area contributed by atoms with Crippen LogP contribution in [0, 0.1) is 11.8 Å². The van der Waals surface area contributed by atoms with Crippen molar-refractivity contribution in [3.8, 4) is 0 Å². The molecule has 0 spiro atoms. The third-order valence-electron chi connectivity index (χ3n) is 6.02. The second-order valence-corrected chi connectivity index (χ2v) is 8.65. The summed E-state index contributed by atoms with van der Waals surface area (Å²) < 4.78 is 0. The van der Waals surface area contributed by atoms with Crippen molar-refractivity contribution >= 4 is 40.2 Å². The van der Waals surface area contributed by atoms with E-state index in [0.29, 0.717) is 5.92 Å². The van der Waals surface area contributed by atoms with Crippen molar-refractivity contribution in [1.82, 2.24) is 4.98 Å². The van der Waals surface area contributed by atoms with Gasteiger partial charge in [0.1, 0.15) is 5.82 Å². The first-order chi connectivity index (χ1) is 13.6. The molecule has 0 aliphatic carbocycles. The lowest BCUT2D eigenvalue weighted by molar-refractivity contribution is 0.492. The summed E-state index contributed by atoms with van der Waals surface area (Å²) in [4.78, 5) is 12.5. The van der Waals surface area contributed by atoms with E-state index < -0.39 is 0 Å². The monoisotopic (exact) mass is 399 g/mol. The molecule has 0 radical (unpaired) electrons. The Morgan fingerprint density at radius 2 is 2.04 bits per heavy atom. The van der Waals surface area contributed by atoms with Crippen LogP contribution in [0.4, 0.5) is 11.5 Å². The van der Waals surface area contributed by atoms with Crippen molar-refractivity contribution in [2.45, 2.75) is 66.2 Å². The molecule has 4 heteroatoms. The standard InChI is InChI=1S/C24H34ClN3/c1-5-12-28(13-8-9-17(4)6-2)24-21-14-18(7-3)16-26-23(21)20-15-19(25)10-11-22(20)27-24/h10-11,15-18H,5-9,12-14H2,1-4H3. The van der Waals surface area contributed by atoms with Gasteiger partial charge >= 0.3 is 0 Å². The maximum atomic E-state index is 6.29. The molecule has 1 aromatic carbocycles. The zero-order valence-electron chi connectivity index (χ0n) is 17.8. The van der Waals surface area contributed by atoms with Gasteiger partial charge < -0.3 is 4.90 Å². The third kappa shape index (κ3) is 4.68. The maximum Gasteiger partial charge on any atom is 0.134 e. The Morgan fingerprint density at radius 3 is 2.75 bits per heavy atom. The number of nitrogens with zero attached hydrogens (tertiary/aromatic N) is 3. The molecule has 1 aromatic heterocycles. The van der Waals surface area contributed by atoms with Crippen LogP contribution in [0.25, 0.3) is 10.9 Å². The molecule has 0 saturated heterocycles. The van der Waals surface area contributed by atoms with Crippen molar-refractivity contribution in [3.63, 3.8) is 0 Å². The van der Waals surface area contributed by atoms with E-state index in [0.717, 1.165) is 65.7 Å². The first kappa shape index (κ1) is 21.1. The largest absolute Gasteiger partial charge is 0.356 e. The normalized spacial score (nSPS) is 17.0. The van der Waals surface area contributed by atoms with Crippen LogP contribution in [0.1, 0.15) is 65.4 Å². The minimum Gasteiger partial charge on any atom is -0.356 e. The van der Waals surface area contributed by atoms with Crippen molar-refractivity contribution in [2.75, 3.05) is 18.0 Å². The summed E-state index contributed by atoms with van der Waals surface area (Å²) in [7, 11) is 0. The Bertz CT molecular complexity index is 830. The van der Waals surface area contributed by atoms with Crippen molar-refractivity contribution in [2.24, 2.45) is 16.8 Å². The van der Waals surface area contributed by atoms with Gasteiger partial charge in [-0.1, -0.05) is 45.7 Å². The minimum atomic E-state index is 0.494. The Labute approximate surface area is 175 Å². The Hall–Kier alpha value is -1.61. The average Bonchev–Trinajstić information content (AvgIpc) is 2.72. The summed E-state index contributed by atoms with van der Waals surface area (Å²) >= 11 is 6.29. The quantitative estimate of drug-likeness (QED) is 0.445. The zero-order valence-corrected chi connectivity index (χ0v) is 18.6. The molecule has 3 rings (SSSR count). The lowest BCUT2D eigenvalue weighted by Gasteiger charge is -2.29. The van der Waals surface area contributed by atoms with Crippen molar-refractivity contribution in [3.05, 3.63) is 28.8 Å². The summed E-state index contributed by atoms with van der Waals surface area (Å²) in [5.74, 6) is 2.43. The highest BCUT2D eigenvalue weighted by Crippen LogP contribution is 2.40. The van der Waals surface area contributed by atoms with Gasteiger partial charge in [0.15, 0.2) is 0 Å². The smallest absolute Gasteiger partial charge is 0.134 e. The molecule has 0 N–H and O–H groups in total. The van der Waals surface area contributed by atoms with Gasteiger partial charge in [-0.05, 0) is 62.1 Å². The third-order valence-corrected chi connectivity index (χ3v) is 6.25. The molecule has 0 saturated carbocycles. The lowest BCUT2D eigenvalue weighted by atomic mass is 9.92. The molecule has 0 bridgehead atoms. The van der Waals surface area contributed by atoms with Crippen LogP contribution < -0.4 is 4.90 Å². The number of hydrogen-bond donors (Lipinski definition) is 0. The molecule has 28 heavy (non-hydrogen) atoms. The number of benzene rings is 1. The highest BCUT2D eigenvalue weighted by Gasteiger charge is 2.24. The number of hydrogen-bond acceptors (Lipinski definition) is 3. The second-order valence-electron chi connectivity index (χ2n) is 8.22. The topological polar surface area (TPSA) is 28.5 Å². The maximum absolute atomic E-state index is 6.29. The van der Waals surface area contributed by atoms with E-state index in [1.54, 1.807) is 0 Å². The fourth-order valence-corrected chi connectivity index (χ4v) is 4.19. The first-order valence-electron chi connectivity index (χ1n) is 11.0. The molecule has 2 aromatic rings. The van der Waals surface area contributed by atoms with Crippen LogP contribution in [0.2, 0.25) is 5.02 Å². The fraction of sp³-hybridized carbons (Fsp3) is 0.583. The van der Waals surface area contributed by atoms with Gasteiger partial charge in [-0.25, -0.2) is 4.98 Å². The summed E-state index contributed by atoms with van der Waals surface area (Å²) in [6.07, 6.45) is 9.12. The molecule has 3 nitrogen and oxygen atoms in total. The van der Waals surface area contributed by atoms with Crippen LogP contribution in [-0.4, -0.2) is 24.3 Å². The van der Waals surface area contributed by atoms with E-state index in [9.17, 15) is 0 Å². The first-order valence-corrected chi connectivity index (χ1v) is 11.4. The van der Waals surface area contributed by atoms with E-state index >= 15 is 0 Å². The Balaban J connectivity index is 2.02. The summed E-state index contributed by atoms with van der Waals surface area (Å²) in [6, 6.07) is 5.98. The van der Waals surface area contributed by atoms with Gasteiger partial charge in [0.05, 0.1) is 11.2 Å². The number of fused-ring (bicyclic) bond motifs is 3. The van der Waals surface area contributed by atoms with Crippen LogP contribution >= 0.6 is 11.6 Å². The highest BCUT2D eigenvalue weighted by atomic mass is 35.5. The molecule has 1 aliphatic heterocycles. The van der Waals surface area contributed by atoms with Crippen LogP contribution in [-0.2, 0) is 6.42 Å². The SMILES string of the molecule is CCCN(CCCC(C)CC)c1nc2ccc(Cl)cc2c2c1CC(CC)C=N2. The van der Waals surface area contributed by atoms with Gasteiger partial charge in [0.2, 0.25) is 0 Å². The van der Waals surface area contributed by atoms with E-state index in [-0.39, 0.29) is 0 Å². The van der Waals surface area contributed by atoms with Crippen molar-refractivity contribution in [1.29, 1.82) is 0 Å². The zero-order chi connectivity index (χ0) is 20.1. The molecule has 0 amide bonds. The van der Waals surface area contributed by atoms with Crippen LogP contribution in [0.15, 0.2) is 23.2 Å². The second kappa shape index (κ2) is 9.73. The fourth-order valence-electron chi connectivity index (χ4n) is 4.02. The molecule has 1 aliphatic rings. The lowest BCUT2D eigenvalue weighted by Crippen LogP contribution is -2.29. The Kier molecular flexibility index (Phi) is 7.34. The molecule has 152 valence electrons. The van der Waals surface area contributed by atoms with Gasteiger partial charge in [-0.2, -0.15) is 0 Å². The van der Waals surface area contributed by atoms with Gasteiger partial charge in [-0.3, -0.25) is 4.99 Å². The van der Waals surface area contributed by atoms with Crippen molar-refractivity contribution < 1.29 is 0 Å². The van der Waals surface area contributed by atoms with E-state index in [4.69, 9.17) is 21.6 Å². The Morgan fingerprint density at radius 1 is 1.21 bits per heavy atom. The average molecular weight is 400 g/mol. The molecule has 2 unspecified atom stereocenters. The molecular formula is C24H34ClN3. The molecule has 2 heterocycles. The van der Waals surface area contributed by atoms with Gasteiger partial charge in [0.25, 0.3) is 0 Å². The van der Waals surface area contributed by atoms with E-state index in [1.165, 1.54) is 24.8 Å².